The molecule has 1 aromatic heterocycles. The molecule has 0 amide bonds. The summed E-state index contributed by atoms with van der Waals surface area (Å²) in [6, 6.07) is 13.5. The van der Waals surface area contributed by atoms with E-state index in [4.69, 9.17) is 4.98 Å². The van der Waals surface area contributed by atoms with Gasteiger partial charge < -0.3 is 10.2 Å². The van der Waals surface area contributed by atoms with Crippen molar-refractivity contribution >= 4 is 17.5 Å². The Balaban J connectivity index is 1.70. The molecular weight excluding hydrogens is 351 g/mol. The highest BCUT2D eigenvalue weighted by molar-refractivity contribution is 5.62. The molecule has 3 aromatic rings. The summed E-state index contributed by atoms with van der Waals surface area (Å²) in [5, 5.41) is 3.27. The Labute approximate surface area is 165 Å². The number of fused-ring (bicyclic) bond motifs is 1. The zero-order valence-electron chi connectivity index (χ0n) is 16.8. The quantitative estimate of drug-likeness (QED) is 0.664. The molecule has 1 N–H and O–H groups in total. The number of hydrogen-bond donors (Lipinski definition) is 1. The minimum Gasteiger partial charge on any atom is -0.349 e. The van der Waals surface area contributed by atoms with Crippen LogP contribution in [0.4, 0.5) is 21.8 Å². The van der Waals surface area contributed by atoms with Crippen molar-refractivity contribution in [3.63, 3.8) is 0 Å². The maximum Gasteiger partial charge on any atom is 0.229 e. The van der Waals surface area contributed by atoms with Gasteiger partial charge in [-0.2, -0.15) is 4.98 Å². The zero-order chi connectivity index (χ0) is 19.8. The fourth-order valence-corrected chi connectivity index (χ4v) is 3.90. The Hall–Kier alpha value is -2.95. The standard InChI is InChI=1S/C23H25FN4/c1-14-13-19(24)9-10-21(14)26-23-25-16(3)15(2)22(27-23)28-12-11-18-7-5-6-8-20(18)17(28)4/h5-10,13,17H,11-12H2,1-4H3,(H,25,26,27). The number of hydrogen-bond acceptors (Lipinski definition) is 4. The molecule has 1 aliphatic rings. The van der Waals surface area contributed by atoms with E-state index in [1.54, 1.807) is 6.07 Å². The molecule has 0 spiro atoms. The fraction of sp³-hybridized carbons (Fsp3) is 0.304. The molecule has 1 atom stereocenters. The molecule has 4 rings (SSSR count). The predicted molar refractivity (Wildman–Crippen MR) is 112 cm³/mol. The maximum atomic E-state index is 13.4. The van der Waals surface area contributed by atoms with Gasteiger partial charge in [0.05, 0.1) is 6.04 Å². The average molecular weight is 376 g/mol. The molecule has 0 bridgehead atoms. The molecule has 0 fully saturated rings. The summed E-state index contributed by atoms with van der Waals surface area (Å²) in [5.74, 6) is 1.25. The summed E-state index contributed by atoms with van der Waals surface area (Å²) in [6.45, 7) is 9.10. The van der Waals surface area contributed by atoms with Crippen molar-refractivity contribution in [3.8, 4) is 0 Å². The summed E-state index contributed by atoms with van der Waals surface area (Å²) in [4.78, 5) is 11.8. The van der Waals surface area contributed by atoms with Gasteiger partial charge in [-0.1, -0.05) is 24.3 Å². The molecule has 4 nitrogen and oxygen atoms in total. The van der Waals surface area contributed by atoms with Crippen LogP contribution >= 0.6 is 0 Å². The second-order valence-electron chi connectivity index (χ2n) is 7.48. The van der Waals surface area contributed by atoms with E-state index in [2.05, 4.69) is 53.3 Å². The van der Waals surface area contributed by atoms with Gasteiger partial charge in [-0.25, -0.2) is 9.37 Å². The van der Waals surface area contributed by atoms with E-state index in [0.717, 1.165) is 41.3 Å². The van der Waals surface area contributed by atoms with E-state index in [0.29, 0.717) is 5.95 Å². The van der Waals surface area contributed by atoms with Gasteiger partial charge in [0.2, 0.25) is 5.95 Å². The lowest BCUT2D eigenvalue weighted by Gasteiger charge is -2.37. The topological polar surface area (TPSA) is 41.1 Å². The van der Waals surface area contributed by atoms with Crippen LogP contribution in [0.1, 0.15) is 40.9 Å². The van der Waals surface area contributed by atoms with Crippen molar-refractivity contribution in [1.82, 2.24) is 9.97 Å². The van der Waals surface area contributed by atoms with Crippen molar-refractivity contribution in [2.75, 3.05) is 16.8 Å². The predicted octanol–water partition coefficient (Wildman–Crippen LogP) is 5.41. The third-order valence-electron chi connectivity index (χ3n) is 5.67. The number of rotatable bonds is 3. The highest BCUT2D eigenvalue weighted by Gasteiger charge is 2.26. The van der Waals surface area contributed by atoms with Gasteiger partial charge in [0.25, 0.3) is 0 Å². The molecule has 2 aromatic carbocycles. The fourth-order valence-electron chi connectivity index (χ4n) is 3.90. The van der Waals surface area contributed by atoms with E-state index in [-0.39, 0.29) is 11.9 Å². The lowest BCUT2D eigenvalue weighted by atomic mass is 9.93. The zero-order valence-corrected chi connectivity index (χ0v) is 16.8. The van der Waals surface area contributed by atoms with Gasteiger partial charge in [0.15, 0.2) is 0 Å². The van der Waals surface area contributed by atoms with E-state index >= 15 is 0 Å². The molecule has 0 radical (unpaired) electrons. The average Bonchev–Trinajstić information content (AvgIpc) is 2.67. The van der Waals surface area contributed by atoms with E-state index in [9.17, 15) is 4.39 Å². The smallest absolute Gasteiger partial charge is 0.229 e. The summed E-state index contributed by atoms with van der Waals surface area (Å²) in [7, 11) is 0. The van der Waals surface area contributed by atoms with Crippen molar-refractivity contribution in [2.45, 2.75) is 40.2 Å². The Bertz CT molecular complexity index is 1030. The van der Waals surface area contributed by atoms with Crippen LogP contribution in [0.3, 0.4) is 0 Å². The molecular formula is C23H25FN4. The van der Waals surface area contributed by atoms with E-state index in [1.165, 1.54) is 23.3 Å². The highest BCUT2D eigenvalue weighted by Crippen LogP contribution is 2.35. The molecule has 28 heavy (non-hydrogen) atoms. The first kappa shape index (κ1) is 18.4. The largest absolute Gasteiger partial charge is 0.349 e. The van der Waals surface area contributed by atoms with Crippen LogP contribution in [0.2, 0.25) is 0 Å². The van der Waals surface area contributed by atoms with Crippen LogP contribution < -0.4 is 10.2 Å². The summed E-state index contributed by atoms with van der Waals surface area (Å²) in [5.41, 5.74) is 6.44. The third-order valence-corrected chi connectivity index (χ3v) is 5.67. The number of aromatic nitrogens is 2. The molecule has 0 aliphatic carbocycles. The van der Waals surface area contributed by atoms with Crippen LogP contribution in [0.25, 0.3) is 0 Å². The second kappa shape index (κ2) is 7.23. The Morgan fingerprint density at radius 1 is 1.07 bits per heavy atom. The number of aryl methyl sites for hydroxylation is 2. The lowest BCUT2D eigenvalue weighted by Crippen LogP contribution is -2.35. The second-order valence-corrected chi connectivity index (χ2v) is 7.48. The van der Waals surface area contributed by atoms with Gasteiger partial charge in [0, 0.05) is 23.5 Å². The summed E-state index contributed by atoms with van der Waals surface area (Å²) >= 11 is 0. The van der Waals surface area contributed by atoms with Crippen molar-refractivity contribution in [3.05, 3.63) is 76.2 Å². The summed E-state index contributed by atoms with van der Waals surface area (Å²) < 4.78 is 13.4. The van der Waals surface area contributed by atoms with Crippen LogP contribution in [0.15, 0.2) is 42.5 Å². The first-order valence-corrected chi connectivity index (χ1v) is 9.67. The Morgan fingerprint density at radius 2 is 1.86 bits per heavy atom. The molecule has 5 heteroatoms. The highest BCUT2D eigenvalue weighted by atomic mass is 19.1. The first-order chi connectivity index (χ1) is 13.4. The van der Waals surface area contributed by atoms with E-state index < -0.39 is 0 Å². The Kier molecular flexibility index (Phi) is 4.75. The lowest BCUT2D eigenvalue weighted by molar-refractivity contribution is 0.614. The maximum absolute atomic E-state index is 13.4. The number of nitrogens with zero attached hydrogens (tertiary/aromatic N) is 3. The SMILES string of the molecule is Cc1cc(F)ccc1Nc1nc(C)c(C)c(N2CCc3ccccc3C2C)n1. The van der Waals surface area contributed by atoms with Gasteiger partial charge in [-0.05, 0) is 69.0 Å². The van der Waals surface area contributed by atoms with E-state index in [1.807, 2.05) is 13.8 Å². The molecule has 1 aliphatic heterocycles. The third kappa shape index (κ3) is 3.33. The van der Waals surface area contributed by atoms with Crippen molar-refractivity contribution in [2.24, 2.45) is 0 Å². The van der Waals surface area contributed by atoms with Gasteiger partial charge in [-0.15, -0.1) is 0 Å². The number of benzene rings is 2. The van der Waals surface area contributed by atoms with Gasteiger partial charge in [0.1, 0.15) is 11.6 Å². The molecule has 144 valence electrons. The van der Waals surface area contributed by atoms with Crippen molar-refractivity contribution in [1.29, 1.82) is 0 Å². The molecule has 0 saturated carbocycles. The minimum absolute atomic E-state index is 0.245. The molecule has 2 heterocycles. The first-order valence-electron chi connectivity index (χ1n) is 9.67. The molecule has 1 unspecified atom stereocenters. The number of nitrogens with one attached hydrogen (secondary N) is 1. The van der Waals surface area contributed by atoms with Crippen LogP contribution in [0.5, 0.6) is 0 Å². The minimum atomic E-state index is -0.245. The van der Waals surface area contributed by atoms with Gasteiger partial charge in [-0.3, -0.25) is 0 Å². The summed E-state index contributed by atoms with van der Waals surface area (Å²) in [6.07, 6.45) is 1.00. The molecule has 0 saturated heterocycles. The van der Waals surface area contributed by atoms with Crippen molar-refractivity contribution < 1.29 is 4.39 Å². The number of halogens is 1. The van der Waals surface area contributed by atoms with Crippen LogP contribution in [-0.4, -0.2) is 16.5 Å². The van der Waals surface area contributed by atoms with Gasteiger partial charge >= 0.3 is 0 Å². The monoisotopic (exact) mass is 376 g/mol. The Morgan fingerprint density at radius 3 is 2.64 bits per heavy atom. The number of anilines is 3. The van der Waals surface area contributed by atoms with Crippen LogP contribution in [-0.2, 0) is 6.42 Å². The normalized spacial score (nSPS) is 16.0. The van der Waals surface area contributed by atoms with Crippen LogP contribution in [0, 0.1) is 26.6 Å².